The molecule has 0 unspecified atom stereocenters. The van der Waals surface area contributed by atoms with Crippen molar-refractivity contribution in [3.05, 3.63) is 41.0 Å². The van der Waals surface area contributed by atoms with Crippen molar-refractivity contribution in [1.29, 1.82) is 10.5 Å². The van der Waals surface area contributed by atoms with Gasteiger partial charge in [-0.05, 0) is 48.9 Å². The van der Waals surface area contributed by atoms with Crippen molar-refractivity contribution in [2.45, 2.75) is 79.1 Å². The first-order valence-electron chi connectivity index (χ1n) is 14.1. The minimum Gasteiger partial charge on any atom is -0.493 e. The monoisotopic (exact) mass is 516 g/mol. The molecule has 1 aliphatic rings. The van der Waals surface area contributed by atoms with Gasteiger partial charge in [0.05, 0.1) is 26.4 Å². The predicted octanol–water partition coefficient (Wildman–Crippen LogP) is 8.23. The van der Waals surface area contributed by atoms with Crippen molar-refractivity contribution in [2.75, 3.05) is 26.4 Å². The number of nitrogens with zero attached hydrogens (tertiary/aromatic N) is 2. The number of allylic oxidation sites excluding steroid dienone is 1. The van der Waals surface area contributed by atoms with Crippen molar-refractivity contribution in [2.24, 2.45) is 0 Å². The molecule has 0 spiro atoms. The van der Waals surface area contributed by atoms with E-state index in [0.717, 1.165) is 73.6 Å². The van der Waals surface area contributed by atoms with Gasteiger partial charge in [-0.1, -0.05) is 53.4 Å². The van der Waals surface area contributed by atoms with E-state index in [0.29, 0.717) is 55.0 Å². The van der Waals surface area contributed by atoms with Crippen LogP contribution in [0.3, 0.4) is 0 Å². The molecule has 0 fully saturated rings. The molecule has 0 heterocycles. The second kappa shape index (κ2) is 14.9. The molecule has 2 aromatic rings. The van der Waals surface area contributed by atoms with E-state index in [4.69, 9.17) is 18.9 Å². The average molecular weight is 517 g/mol. The topological polar surface area (TPSA) is 84.5 Å². The molecule has 0 atom stereocenters. The molecule has 0 bridgehead atoms. The molecule has 0 saturated heterocycles. The minimum atomic E-state index is 0.0421. The molecule has 0 saturated carbocycles. The summed E-state index contributed by atoms with van der Waals surface area (Å²) in [6.07, 6.45) is 7.75. The third kappa shape index (κ3) is 6.81. The van der Waals surface area contributed by atoms with Crippen molar-refractivity contribution in [1.82, 2.24) is 0 Å². The van der Waals surface area contributed by atoms with E-state index < -0.39 is 0 Å². The summed E-state index contributed by atoms with van der Waals surface area (Å²) in [5.41, 5.74) is 3.80. The summed E-state index contributed by atoms with van der Waals surface area (Å²) in [5, 5.41) is 19.9. The highest BCUT2D eigenvalue weighted by Crippen LogP contribution is 2.56. The summed E-state index contributed by atoms with van der Waals surface area (Å²) in [7, 11) is 0. The molecule has 0 N–H and O–H groups in total. The molecular weight excluding hydrogens is 476 g/mol. The number of hydrogen-bond donors (Lipinski definition) is 0. The maximum Gasteiger partial charge on any atom is 0.138 e. The fourth-order valence-corrected chi connectivity index (χ4v) is 4.36. The van der Waals surface area contributed by atoms with Crippen LogP contribution in [0.4, 0.5) is 0 Å². The lowest BCUT2D eigenvalue weighted by Crippen LogP contribution is -2.03. The highest BCUT2D eigenvalue weighted by molar-refractivity contribution is 6.08. The molecule has 202 valence electrons. The minimum absolute atomic E-state index is 0.0421. The van der Waals surface area contributed by atoms with E-state index in [9.17, 15) is 10.5 Å². The Labute approximate surface area is 227 Å². The lowest BCUT2D eigenvalue weighted by molar-refractivity contribution is 0.292. The Morgan fingerprint density at radius 2 is 0.947 bits per heavy atom. The van der Waals surface area contributed by atoms with Gasteiger partial charge < -0.3 is 18.9 Å². The summed E-state index contributed by atoms with van der Waals surface area (Å²) >= 11 is 0. The van der Waals surface area contributed by atoms with Gasteiger partial charge in [-0.15, -0.1) is 0 Å². The fraction of sp³-hybridized carbons (Fsp3) is 0.500. The number of nitriles is 2. The molecule has 0 amide bonds. The number of benzene rings is 2. The number of hydrogen-bond acceptors (Lipinski definition) is 6. The standard InChI is InChI=1S/C32H40N2O4/c1-5-9-13-35-24-17-26-30(23(21-33)22-34)27-18-25(36-14-10-6-2)20-29(38-16-12-8-4)32(27)31(26)28(19-24)37-15-11-7-3/h17-20H,5-16H2,1-4H3. The summed E-state index contributed by atoms with van der Waals surface area (Å²) in [6, 6.07) is 11.9. The molecule has 0 radical (unpaired) electrons. The van der Waals surface area contributed by atoms with Crippen LogP contribution in [-0.4, -0.2) is 26.4 Å². The first kappa shape index (κ1) is 28.9. The van der Waals surface area contributed by atoms with Gasteiger partial charge in [-0.2, -0.15) is 10.5 Å². The molecule has 6 heteroatoms. The normalized spacial score (nSPS) is 11.3. The van der Waals surface area contributed by atoms with Gasteiger partial charge in [0.2, 0.25) is 0 Å². The molecule has 6 nitrogen and oxygen atoms in total. The van der Waals surface area contributed by atoms with Crippen molar-refractivity contribution in [3.63, 3.8) is 0 Å². The zero-order valence-electron chi connectivity index (χ0n) is 23.3. The first-order chi connectivity index (χ1) is 18.6. The quantitative estimate of drug-likeness (QED) is 0.141. The van der Waals surface area contributed by atoms with Crippen molar-refractivity contribution in [3.8, 4) is 46.3 Å². The molecule has 38 heavy (non-hydrogen) atoms. The Morgan fingerprint density at radius 1 is 0.579 bits per heavy atom. The number of fused-ring (bicyclic) bond motifs is 3. The SMILES string of the molecule is CCCCOc1cc(OCCCC)c2c(c1)C(=C(C#N)C#N)c1cc(OCCCC)cc(OCCCC)c1-2. The van der Waals surface area contributed by atoms with Crippen LogP contribution in [0, 0.1) is 22.7 Å². The van der Waals surface area contributed by atoms with Gasteiger partial charge in [-0.25, -0.2) is 0 Å². The Balaban J connectivity index is 2.28. The van der Waals surface area contributed by atoms with E-state index in [-0.39, 0.29) is 5.57 Å². The molecule has 2 aromatic carbocycles. The zero-order valence-corrected chi connectivity index (χ0v) is 23.3. The van der Waals surface area contributed by atoms with Crippen LogP contribution >= 0.6 is 0 Å². The van der Waals surface area contributed by atoms with Gasteiger partial charge in [0.1, 0.15) is 40.7 Å². The van der Waals surface area contributed by atoms with Gasteiger partial charge in [-0.3, -0.25) is 0 Å². The zero-order chi connectivity index (χ0) is 27.3. The van der Waals surface area contributed by atoms with Crippen LogP contribution in [0.25, 0.3) is 16.7 Å². The Morgan fingerprint density at radius 3 is 1.29 bits per heavy atom. The highest BCUT2D eigenvalue weighted by atomic mass is 16.5. The first-order valence-corrected chi connectivity index (χ1v) is 14.1. The fourth-order valence-electron chi connectivity index (χ4n) is 4.36. The van der Waals surface area contributed by atoms with Crippen LogP contribution in [-0.2, 0) is 0 Å². The van der Waals surface area contributed by atoms with Crippen LogP contribution in [0.15, 0.2) is 29.8 Å². The smallest absolute Gasteiger partial charge is 0.138 e. The molecule has 0 aromatic heterocycles. The summed E-state index contributed by atoms with van der Waals surface area (Å²) in [6.45, 7) is 10.8. The van der Waals surface area contributed by atoms with Crippen LogP contribution in [0.1, 0.15) is 90.2 Å². The summed E-state index contributed by atoms with van der Waals surface area (Å²) < 4.78 is 24.8. The van der Waals surface area contributed by atoms with E-state index in [2.05, 4.69) is 39.8 Å². The largest absolute Gasteiger partial charge is 0.493 e. The molecule has 1 aliphatic carbocycles. The van der Waals surface area contributed by atoms with Crippen molar-refractivity contribution < 1.29 is 18.9 Å². The third-order valence-electron chi connectivity index (χ3n) is 6.46. The van der Waals surface area contributed by atoms with Gasteiger partial charge in [0.15, 0.2) is 0 Å². The van der Waals surface area contributed by atoms with Gasteiger partial charge in [0, 0.05) is 28.8 Å². The van der Waals surface area contributed by atoms with Crippen LogP contribution in [0.2, 0.25) is 0 Å². The number of rotatable bonds is 16. The lowest BCUT2D eigenvalue weighted by atomic mass is 9.98. The Kier molecular flexibility index (Phi) is 11.4. The van der Waals surface area contributed by atoms with Gasteiger partial charge in [0.25, 0.3) is 0 Å². The van der Waals surface area contributed by atoms with E-state index >= 15 is 0 Å². The Hall–Kier alpha value is -3.64. The van der Waals surface area contributed by atoms with Crippen molar-refractivity contribution >= 4 is 5.57 Å². The van der Waals surface area contributed by atoms with E-state index in [1.165, 1.54) is 0 Å². The molecular formula is C32H40N2O4. The van der Waals surface area contributed by atoms with Gasteiger partial charge >= 0.3 is 0 Å². The second-order valence-corrected chi connectivity index (χ2v) is 9.47. The maximum atomic E-state index is 9.95. The maximum absolute atomic E-state index is 9.95. The van der Waals surface area contributed by atoms with E-state index in [1.54, 1.807) is 0 Å². The molecule has 3 rings (SSSR count). The molecule has 0 aliphatic heterocycles. The Bertz CT molecular complexity index is 1110. The van der Waals surface area contributed by atoms with Crippen LogP contribution in [0.5, 0.6) is 23.0 Å². The number of unbranched alkanes of at least 4 members (excludes halogenated alkanes) is 4. The highest BCUT2D eigenvalue weighted by Gasteiger charge is 2.34. The summed E-state index contributed by atoms with van der Waals surface area (Å²) in [5.74, 6) is 2.68. The second-order valence-electron chi connectivity index (χ2n) is 9.47. The van der Waals surface area contributed by atoms with Crippen LogP contribution < -0.4 is 18.9 Å². The van der Waals surface area contributed by atoms with E-state index in [1.807, 2.05) is 24.3 Å². The predicted molar refractivity (Wildman–Crippen MR) is 151 cm³/mol. The average Bonchev–Trinajstić information content (AvgIpc) is 3.24. The summed E-state index contributed by atoms with van der Waals surface area (Å²) in [4.78, 5) is 0. The lowest BCUT2D eigenvalue weighted by Gasteiger charge is -2.17. The third-order valence-corrected chi connectivity index (χ3v) is 6.46. The number of ether oxygens (including phenoxy) is 4.